The Balaban J connectivity index is 1.60. The third-order valence-corrected chi connectivity index (χ3v) is 5.85. The molecule has 28 heavy (non-hydrogen) atoms. The number of rotatable bonds is 3. The molecule has 1 aromatic carbocycles. The number of aryl methyl sites for hydroxylation is 2. The zero-order valence-electron chi connectivity index (χ0n) is 15.8. The summed E-state index contributed by atoms with van der Waals surface area (Å²) in [7, 11) is 0. The van der Waals surface area contributed by atoms with Gasteiger partial charge in [0.05, 0.1) is 17.7 Å². The Morgan fingerprint density at radius 3 is 2.71 bits per heavy atom. The van der Waals surface area contributed by atoms with Crippen molar-refractivity contribution in [2.24, 2.45) is 11.3 Å². The molecule has 2 aliphatic heterocycles. The molecule has 0 aliphatic carbocycles. The van der Waals surface area contributed by atoms with E-state index in [4.69, 9.17) is 4.74 Å². The van der Waals surface area contributed by atoms with Crippen LogP contribution < -0.4 is 0 Å². The SMILES string of the molecule is Cc1cc(C)n(-c2ccc(C(=O)N3C[C@H]4COCC[C@@]4(C(=O)O)C3)cc2F)n1. The number of halogens is 1. The molecule has 4 rings (SSSR count). The van der Waals surface area contributed by atoms with E-state index in [9.17, 15) is 19.1 Å². The fraction of sp³-hybridized carbons (Fsp3) is 0.450. The highest BCUT2D eigenvalue weighted by Gasteiger charge is 2.54. The maximum Gasteiger partial charge on any atom is 0.311 e. The predicted molar refractivity (Wildman–Crippen MR) is 97.9 cm³/mol. The first-order chi connectivity index (χ1) is 13.3. The number of carbonyl (C=O) groups excluding carboxylic acids is 1. The molecular formula is C20H22FN3O4. The Labute approximate surface area is 161 Å². The molecule has 8 heteroatoms. The predicted octanol–water partition coefficient (Wildman–Crippen LogP) is 2.19. The lowest BCUT2D eigenvalue weighted by molar-refractivity contribution is -0.157. The van der Waals surface area contributed by atoms with Gasteiger partial charge in [-0.15, -0.1) is 0 Å². The molecule has 2 saturated heterocycles. The molecule has 1 N–H and O–H groups in total. The maximum atomic E-state index is 14.7. The number of nitrogens with zero attached hydrogens (tertiary/aromatic N) is 3. The van der Waals surface area contributed by atoms with Crippen molar-refractivity contribution in [3.63, 3.8) is 0 Å². The van der Waals surface area contributed by atoms with Crippen LogP contribution in [0.25, 0.3) is 5.69 Å². The molecule has 2 atom stereocenters. The number of benzene rings is 1. The number of hydrogen-bond donors (Lipinski definition) is 1. The standard InChI is InChI=1S/C20H22FN3O4/c1-12-7-13(2)24(22-12)17-4-3-14(8-16(17)21)18(25)23-9-15-10-28-6-5-20(15,11-23)19(26)27/h3-4,7-8,15H,5-6,9-11H2,1-2H3,(H,26,27)/t15-,20+/m0/s1. The fourth-order valence-corrected chi connectivity index (χ4v) is 4.32. The lowest BCUT2D eigenvalue weighted by Crippen LogP contribution is -2.45. The zero-order valence-corrected chi connectivity index (χ0v) is 15.8. The smallest absolute Gasteiger partial charge is 0.311 e. The number of aromatic nitrogens is 2. The molecule has 7 nitrogen and oxygen atoms in total. The summed E-state index contributed by atoms with van der Waals surface area (Å²) in [5, 5.41) is 14.0. The summed E-state index contributed by atoms with van der Waals surface area (Å²) in [6.45, 7) is 4.77. The van der Waals surface area contributed by atoms with E-state index in [1.54, 1.807) is 6.07 Å². The molecule has 0 spiro atoms. The Morgan fingerprint density at radius 1 is 1.32 bits per heavy atom. The molecular weight excluding hydrogens is 365 g/mol. The van der Waals surface area contributed by atoms with Gasteiger partial charge in [0.2, 0.25) is 0 Å². The molecule has 1 aromatic heterocycles. The van der Waals surface area contributed by atoms with Crippen molar-refractivity contribution in [2.75, 3.05) is 26.3 Å². The first kappa shape index (κ1) is 18.6. The fourth-order valence-electron chi connectivity index (χ4n) is 4.32. The summed E-state index contributed by atoms with van der Waals surface area (Å²) in [5.41, 5.74) is 1.06. The summed E-state index contributed by atoms with van der Waals surface area (Å²) < 4.78 is 21.6. The van der Waals surface area contributed by atoms with Crippen molar-refractivity contribution in [1.29, 1.82) is 0 Å². The van der Waals surface area contributed by atoms with Crippen LogP contribution in [0.15, 0.2) is 24.3 Å². The summed E-state index contributed by atoms with van der Waals surface area (Å²) in [6.07, 6.45) is 0.377. The number of carboxylic acids is 1. The molecule has 3 heterocycles. The van der Waals surface area contributed by atoms with Gasteiger partial charge in [0.1, 0.15) is 11.5 Å². The molecule has 148 valence electrons. The number of ether oxygens (including phenoxy) is 1. The minimum Gasteiger partial charge on any atom is -0.481 e. The second kappa shape index (κ2) is 6.70. The van der Waals surface area contributed by atoms with Gasteiger partial charge in [-0.3, -0.25) is 9.59 Å². The average Bonchev–Trinajstić information content (AvgIpc) is 3.21. The van der Waals surface area contributed by atoms with Crippen LogP contribution >= 0.6 is 0 Å². The van der Waals surface area contributed by atoms with E-state index in [-0.39, 0.29) is 29.6 Å². The first-order valence-corrected chi connectivity index (χ1v) is 9.25. The molecule has 0 unspecified atom stereocenters. The van der Waals surface area contributed by atoms with E-state index >= 15 is 0 Å². The van der Waals surface area contributed by atoms with Gasteiger partial charge in [-0.25, -0.2) is 9.07 Å². The number of fused-ring (bicyclic) bond motifs is 1. The van der Waals surface area contributed by atoms with Gasteiger partial charge in [-0.05, 0) is 44.5 Å². The summed E-state index contributed by atoms with van der Waals surface area (Å²) in [5.74, 6) is -2.07. The third kappa shape index (κ3) is 2.88. The van der Waals surface area contributed by atoms with Gasteiger partial charge in [0.15, 0.2) is 0 Å². The molecule has 0 bridgehead atoms. The third-order valence-electron chi connectivity index (χ3n) is 5.85. The topological polar surface area (TPSA) is 84.7 Å². The largest absolute Gasteiger partial charge is 0.481 e. The van der Waals surface area contributed by atoms with Crippen LogP contribution in [-0.2, 0) is 9.53 Å². The molecule has 2 aromatic rings. The van der Waals surface area contributed by atoms with Crippen molar-refractivity contribution in [2.45, 2.75) is 20.3 Å². The monoisotopic (exact) mass is 387 g/mol. The van der Waals surface area contributed by atoms with E-state index in [1.807, 2.05) is 19.9 Å². The van der Waals surface area contributed by atoms with Crippen LogP contribution in [0.4, 0.5) is 4.39 Å². The van der Waals surface area contributed by atoms with Gasteiger partial charge < -0.3 is 14.7 Å². The number of carbonyl (C=O) groups is 2. The summed E-state index contributed by atoms with van der Waals surface area (Å²) in [6, 6.07) is 6.13. The molecule has 2 aliphatic rings. The van der Waals surface area contributed by atoms with Crippen molar-refractivity contribution < 1.29 is 23.8 Å². The Kier molecular flexibility index (Phi) is 4.45. The minimum atomic E-state index is -0.976. The average molecular weight is 387 g/mol. The van der Waals surface area contributed by atoms with Gasteiger partial charge in [0.25, 0.3) is 5.91 Å². The molecule has 0 radical (unpaired) electrons. The lowest BCUT2D eigenvalue weighted by atomic mass is 9.74. The van der Waals surface area contributed by atoms with E-state index in [1.165, 1.54) is 21.7 Å². The number of aliphatic carboxylic acids is 1. The van der Waals surface area contributed by atoms with E-state index in [2.05, 4.69) is 5.10 Å². The number of carboxylic acid groups (broad SMARTS) is 1. The molecule has 1 amide bonds. The van der Waals surface area contributed by atoms with E-state index < -0.39 is 17.2 Å². The first-order valence-electron chi connectivity index (χ1n) is 9.25. The maximum absolute atomic E-state index is 14.7. The van der Waals surface area contributed by atoms with E-state index in [0.717, 1.165) is 11.4 Å². The zero-order chi connectivity index (χ0) is 20.1. The second-order valence-electron chi connectivity index (χ2n) is 7.67. The molecule has 2 fully saturated rings. The Hall–Kier alpha value is -2.74. The number of amides is 1. The van der Waals surface area contributed by atoms with Crippen LogP contribution in [0.1, 0.15) is 28.2 Å². The minimum absolute atomic E-state index is 0.121. The summed E-state index contributed by atoms with van der Waals surface area (Å²) >= 11 is 0. The van der Waals surface area contributed by atoms with Crippen molar-refractivity contribution in [1.82, 2.24) is 14.7 Å². The number of hydrogen-bond acceptors (Lipinski definition) is 4. The highest BCUT2D eigenvalue weighted by molar-refractivity contribution is 5.95. The van der Waals surface area contributed by atoms with Crippen molar-refractivity contribution in [3.8, 4) is 5.69 Å². The normalized spacial score (nSPS) is 24.2. The summed E-state index contributed by atoms with van der Waals surface area (Å²) in [4.78, 5) is 26.3. The van der Waals surface area contributed by atoms with Gasteiger partial charge in [-0.1, -0.05) is 0 Å². The Bertz CT molecular complexity index is 957. The van der Waals surface area contributed by atoms with Gasteiger partial charge >= 0.3 is 5.97 Å². The molecule has 0 saturated carbocycles. The Morgan fingerprint density at radius 2 is 2.11 bits per heavy atom. The lowest BCUT2D eigenvalue weighted by Gasteiger charge is -2.33. The van der Waals surface area contributed by atoms with Crippen LogP contribution in [-0.4, -0.2) is 58.0 Å². The van der Waals surface area contributed by atoms with Crippen LogP contribution in [0, 0.1) is 31.0 Å². The number of likely N-dealkylation sites (tertiary alicyclic amines) is 1. The highest BCUT2D eigenvalue weighted by atomic mass is 19.1. The second-order valence-corrected chi connectivity index (χ2v) is 7.67. The van der Waals surface area contributed by atoms with Crippen LogP contribution in [0.2, 0.25) is 0 Å². The van der Waals surface area contributed by atoms with E-state index in [0.29, 0.717) is 26.2 Å². The van der Waals surface area contributed by atoms with Gasteiger partial charge in [-0.2, -0.15) is 5.10 Å². The van der Waals surface area contributed by atoms with Crippen molar-refractivity contribution in [3.05, 3.63) is 47.0 Å². The highest BCUT2D eigenvalue weighted by Crippen LogP contribution is 2.42. The van der Waals surface area contributed by atoms with Gasteiger partial charge in [0, 0.05) is 36.9 Å². The van der Waals surface area contributed by atoms with Crippen LogP contribution in [0.5, 0.6) is 0 Å². The van der Waals surface area contributed by atoms with Crippen molar-refractivity contribution >= 4 is 11.9 Å². The van der Waals surface area contributed by atoms with Crippen LogP contribution in [0.3, 0.4) is 0 Å². The quantitative estimate of drug-likeness (QED) is 0.873.